The van der Waals surface area contributed by atoms with Crippen molar-refractivity contribution >= 4 is 5.97 Å². The normalized spacial score (nSPS) is 12.3. The number of carbonyl (C=O) groups is 1. The Labute approximate surface area is 92.4 Å². The van der Waals surface area contributed by atoms with E-state index in [0.29, 0.717) is 0 Å². The molecular weight excluding hydrogens is 206 g/mol. The molecule has 0 saturated heterocycles. The van der Waals surface area contributed by atoms with Crippen molar-refractivity contribution in [1.82, 2.24) is 14.8 Å². The summed E-state index contributed by atoms with van der Waals surface area (Å²) in [6.07, 6.45) is 6.74. The summed E-state index contributed by atoms with van der Waals surface area (Å²) in [6.45, 7) is 1.59. The van der Waals surface area contributed by atoms with Gasteiger partial charge in [-0.05, 0) is 24.6 Å². The van der Waals surface area contributed by atoms with E-state index in [2.05, 4.69) is 10.1 Å². The van der Waals surface area contributed by atoms with Gasteiger partial charge in [-0.15, -0.1) is 0 Å². The Morgan fingerprint density at radius 3 is 2.69 bits per heavy atom. The van der Waals surface area contributed by atoms with Gasteiger partial charge in [-0.25, -0.2) is 4.79 Å². The van der Waals surface area contributed by atoms with Gasteiger partial charge in [0.05, 0.1) is 6.20 Å². The second kappa shape index (κ2) is 4.14. The minimum absolute atomic E-state index is 0.657. The lowest BCUT2D eigenvalue weighted by Crippen LogP contribution is -2.15. The van der Waals surface area contributed by atoms with E-state index in [9.17, 15) is 4.79 Å². The summed E-state index contributed by atoms with van der Waals surface area (Å²) in [5, 5.41) is 12.9. The van der Waals surface area contributed by atoms with E-state index in [1.165, 1.54) is 4.68 Å². The molecule has 0 amide bonds. The highest BCUT2D eigenvalue weighted by Gasteiger charge is 2.14. The molecule has 1 N–H and O–H groups in total. The van der Waals surface area contributed by atoms with E-state index in [0.717, 1.165) is 11.1 Å². The maximum atomic E-state index is 10.8. The predicted octanol–water partition coefficient (Wildman–Crippen LogP) is 1.59. The van der Waals surface area contributed by atoms with E-state index in [-0.39, 0.29) is 0 Å². The van der Waals surface area contributed by atoms with Crippen molar-refractivity contribution in [3.63, 3.8) is 0 Å². The standard InChI is InChI=1S/C11H11N3O2/c1-8(11(15)16)14-7-10(6-13-14)9-2-4-12-5-3-9/h2-8H,1H3,(H,15,16). The molecule has 0 radical (unpaired) electrons. The molecule has 0 aliphatic rings. The van der Waals surface area contributed by atoms with Gasteiger partial charge in [-0.3, -0.25) is 9.67 Å². The first-order valence-electron chi connectivity index (χ1n) is 4.86. The molecule has 0 spiro atoms. The van der Waals surface area contributed by atoms with Crippen LogP contribution < -0.4 is 0 Å². The molecule has 82 valence electrons. The number of rotatable bonds is 3. The lowest BCUT2D eigenvalue weighted by Gasteiger charge is -2.05. The maximum Gasteiger partial charge on any atom is 0.328 e. The molecule has 5 heteroatoms. The first-order chi connectivity index (χ1) is 7.68. The third-order valence-corrected chi connectivity index (χ3v) is 2.37. The molecule has 1 atom stereocenters. The van der Waals surface area contributed by atoms with Crippen molar-refractivity contribution in [3.05, 3.63) is 36.9 Å². The molecule has 16 heavy (non-hydrogen) atoms. The van der Waals surface area contributed by atoms with Gasteiger partial charge >= 0.3 is 5.97 Å². The van der Waals surface area contributed by atoms with Gasteiger partial charge in [0.2, 0.25) is 0 Å². The maximum absolute atomic E-state index is 10.8. The third-order valence-electron chi connectivity index (χ3n) is 2.37. The molecule has 0 saturated carbocycles. The van der Waals surface area contributed by atoms with Crippen LogP contribution in [0.2, 0.25) is 0 Å². The zero-order chi connectivity index (χ0) is 11.5. The second-order valence-electron chi connectivity index (χ2n) is 3.46. The fourth-order valence-electron chi connectivity index (χ4n) is 1.36. The van der Waals surface area contributed by atoms with Crippen LogP contribution >= 0.6 is 0 Å². The Bertz CT molecular complexity index is 493. The number of hydrogen-bond acceptors (Lipinski definition) is 3. The Morgan fingerprint density at radius 1 is 1.38 bits per heavy atom. The summed E-state index contributed by atoms with van der Waals surface area (Å²) in [4.78, 5) is 14.7. The predicted molar refractivity (Wildman–Crippen MR) is 57.8 cm³/mol. The van der Waals surface area contributed by atoms with Crippen LogP contribution in [0.1, 0.15) is 13.0 Å². The monoisotopic (exact) mass is 217 g/mol. The topological polar surface area (TPSA) is 68.0 Å². The summed E-state index contributed by atoms with van der Waals surface area (Å²) in [6, 6.07) is 3.05. The van der Waals surface area contributed by atoms with Crippen LogP contribution in [0.15, 0.2) is 36.9 Å². The fraction of sp³-hybridized carbons (Fsp3) is 0.182. The number of hydrogen-bond donors (Lipinski definition) is 1. The van der Waals surface area contributed by atoms with Crippen LogP contribution in [0.3, 0.4) is 0 Å². The van der Waals surface area contributed by atoms with Crippen LogP contribution in [-0.2, 0) is 4.79 Å². The van der Waals surface area contributed by atoms with E-state index in [1.54, 1.807) is 31.7 Å². The summed E-state index contributed by atoms with van der Waals surface area (Å²) in [7, 11) is 0. The zero-order valence-corrected chi connectivity index (χ0v) is 8.74. The summed E-state index contributed by atoms with van der Waals surface area (Å²) >= 11 is 0. The molecular formula is C11H11N3O2. The molecule has 1 unspecified atom stereocenters. The Morgan fingerprint density at radius 2 is 2.06 bits per heavy atom. The molecule has 0 aliphatic heterocycles. The molecule has 2 aromatic heterocycles. The zero-order valence-electron chi connectivity index (χ0n) is 8.74. The highest BCUT2D eigenvalue weighted by molar-refractivity contribution is 5.71. The summed E-state index contributed by atoms with van der Waals surface area (Å²) < 4.78 is 1.43. The van der Waals surface area contributed by atoms with Crippen molar-refractivity contribution in [2.24, 2.45) is 0 Å². The highest BCUT2D eigenvalue weighted by Crippen LogP contribution is 2.18. The van der Waals surface area contributed by atoms with Crippen LogP contribution in [0.5, 0.6) is 0 Å². The number of aliphatic carboxylic acids is 1. The van der Waals surface area contributed by atoms with Crippen LogP contribution in [0.4, 0.5) is 0 Å². The quantitative estimate of drug-likeness (QED) is 0.847. The van der Waals surface area contributed by atoms with Crippen molar-refractivity contribution in [1.29, 1.82) is 0 Å². The Balaban J connectivity index is 2.30. The molecule has 2 aromatic rings. The molecule has 2 heterocycles. The average Bonchev–Trinajstić information content (AvgIpc) is 2.78. The van der Waals surface area contributed by atoms with Gasteiger partial charge in [0.25, 0.3) is 0 Å². The second-order valence-corrected chi connectivity index (χ2v) is 3.46. The van der Waals surface area contributed by atoms with Gasteiger partial charge in [-0.2, -0.15) is 5.10 Å². The van der Waals surface area contributed by atoms with E-state index >= 15 is 0 Å². The molecule has 0 fully saturated rings. The molecule has 2 rings (SSSR count). The van der Waals surface area contributed by atoms with Crippen LogP contribution in [0, 0.1) is 0 Å². The summed E-state index contributed by atoms with van der Waals surface area (Å²) in [5.41, 5.74) is 1.86. The Hall–Kier alpha value is -2.17. The molecule has 0 aromatic carbocycles. The number of aromatic nitrogens is 3. The molecule has 0 bridgehead atoms. The average molecular weight is 217 g/mol. The van der Waals surface area contributed by atoms with Gasteiger partial charge in [0, 0.05) is 24.2 Å². The Kier molecular flexibility index (Phi) is 2.68. The molecule has 0 aliphatic carbocycles. The van der Waals surface area contributed by atoms with Gasteiger partial charge in [0.15, 0.2) is 0 Å². The van der Waals surface area contributed by atoms with Gasteiger partial charge in [-0.1, -0.05) is 0 Å². The largest absolute Gasteiger partial charge is 0.480 e. The highest BCUT2D eigenvalue weighted by atomic mass is 16.4. The van der Waals surface area contributed by atoms with Crippen molar-refractivity contribution in [3.8, 4) is 11.1 Å². The van der Waals surface area contributed by atoms with E-state index < -0.39 is 12.0 Å². The number of carboxylic acids is 1. The minimum Gasteiger partial charge on any atom is -0.480 e. The first kappa shape index (κ1) is 10.4. The lowest BCUT2D eigenvalue weighted by molar-refractivity contribution is -0.140. The van der Waals surface area contributed by atoms with Crippen LogP contribution in [0.25, 0.3) is 11.1 Å². The van der Waals surface area contributed by atoms with Crippen molar-refractivity contribution < 1.29 is 9.90 Å². The van der Waals surface area contributed by atoms with E-state index in [4.69, 9.17) is 5.11 Å². The van der Waals surface area contributed by atoms with Crippen LogP contribution in [-0.4, -0.2) is 25.8 Å². The lowest BCUT2D eigenvalue weighted by atomic mass is 10.1. The molecule has 5 nitrogen and oxygen atoms in total. The van der Waals surface area contributed by atoms with Gasteiger partial charge < -0.3 is 5.11 Å². The van der Waals surface area contributed by atoms with Crippen molar-refractivity contribution in [2.75, 3.05) is 0 Å². The minimum atomic E-state index is -0.899. The fourth-order valence-corrected chi connectivity index (χ4v) is 1.36. The first-order valence-corrected chi connectivity index (χ1v) is 4.86. The number of pyridine rings is 1. The van der Waals surface area contributed by atoms with Crippen molar-refractivity contribution in [2.45, 2.75) is 13.0 Å². The SMILES string of the molecule is CC(C(=O)O)n1cc(-c2ccncc2)cn1. The van der Waals surface area contributed by atoms with Gasteiger partial charge in [0.1, 0.15) is 6.04 Å². The third kappa shape index (κ3) is 1.93. The van der Waals surface area contributed by atoms with E-state index in [1.807, 2.05) is 12.1 Å². The number of nitrogens with zero attached hydrogens (tertiary/aromatic N) is 3. The number of carboxylic acid groups (broad SMARTS) is 1. The summed E-state index contributed by atoms with van der Waals surface area (Å²) in [5.74, 6) is -0.899. The smallest absolute Gasteiger partial charge is 0.328 e.